The lowest BCUT2D eigenvalue weighted by Crippen LogP contribution is -2.15. The number of hydrogen-bond acceptors (Lipinski definition) is 6. The zero-order valence-corrected chi connectivity index (χ0v) is 17.2. The SMILES string of the molecule is Cc1cc(C)nc(SCC(=O)Nc2ccc(Oc3ccc(C#N)cc3)cc2C)n1. The summed E-state index contributed by atoms with van der Waals surface area (Å²) in [5, 5.41) is 12.4. The summed E-state index contributed by atoms with van der Waals surface area (Å²) >= 11 is 1.31. The van der Waals surface area contributed by atoms with E-state index < -0.39 is 0 Å². The third-order valence-electron chi connectivity index (χ3n) is 3.99. The second-order valence-corrected chi connectivity index (χ2v) is 7.43. The van der Waals surface area contributed by atoms with Crippen LogP contribution < -0.4 is 10.1 Å². The monoisotopic (exact) mass is 404 g/mol. The van der Waals surface area contributed by atoms with E-state index in [1.54, 1.807) is 30.3 Å². The van der Waals surface area contributed by atoms with Crippen molar-refractivity contribution in [3.8, 4) is 17.6 Å². The summed E-state index contributed by atoms with van der Waals surface area (Å²) in [6.45, 7) is 5.72. The third kappa shape index (κ3) is 5.80. The van der Waals surface area contributed by atoms with Crippen molar-refractivity contribution in [1.29, 1.82) is 5.26 Å². The molecule has 0 bridgehead atoms. The molecule has 1 N–H and O–H groups in total. The van der Waals surface area contributed by atoms with Crippen LogP contribution in [0.15, 0.2) is 53.7 Å². The van der Waals surface area contributed by atoms with Crippen LogP contribution in [0.1, 0.15) is 22.5 Å². The van der Waals surface area contributed by atoms with Gasteiger partial charge in [0.25, 0.3) is 0 Å². The number of rotatable bonds is 6. The molecule has 0 unspecified atom stereocenters. The number of nitriles is 1. The van der Waals surface area contributed by atoms with E-state index in [-0.39, 0.29) is 11.7 Å². The van der Waals surface area contributed by atoms with Gasteiger partial charge in [0.05, 0.1) is 17.4 Å². The molecule has 0 atom stereocenters. The zero-order valence-electron chi connectivity index (χ0n) is 16.4. The highest BCUT2D eigenvalue weighted by atomic mass is 32.2. The Hall–Kier alpha value is -3.37. The number of hydrogen-bond donors (Lipinski definition) is 1. The van der Waals surface area contributed by atoms with Gasteiger partial charge in [-0.05, 0) is 74.9 Å². The van der Waals surface area contributed by atoms with E-state index in [1.807, 2.05) is 39.0 Å². The number of anilines is 1. The molecule has 0 radical (unpaired) electrons. The number of thioether (sulfide) groups is 1. The Labute approximate surface area is 174 Å². The molecular weight excluding hydrogens is 384 g/mol. The van der Waals surface area contributed by atoms with Gasteiger partial charge in [-0.1, -0.05) is 11.8 Å². The number of nitrogens with one attached hydrogen (secondary N) is 1. The van der Waals surface area contributed by atoms with Crippen molar-refractivity contribution in [2.45, 2.75) is 25.9 Å². The topological polar surface area (TPSA) is 87.9 Å². The van der Waals surface area contributed by atoms with Crippen molar-refractivity contribution in [3.05, 3.63) is 71.0 Å². The van der Waals surface area contributed by atoms with Gasteiger partial charge in [0.2, 0.25) is 5.91 Å². The molecule has 7 heteroatoms. The van der Waals surface area contributed by atoms with E-state index in [0.717, 1.165) is 22.6 Å². The summed E-state index contributed by atoms with van der Waals surface area (Å²) in [6, 6.07) is 16.3. The summed E-state index contributed by atoms with van der Waals surface area (Å²) in [5.74, 6) is 1.40. The summed E-state index contributed by atoms with van der Waals surface area (Å²) in [5.41, 5.74) is 3.96. The molecule has 0 saturated heterocycles. The quantitative estimate of drug-likeness (QED) is 0.469. The fraction of sp³-hybridized carbons (Fsp3) is 0.182. The molecule has 29 heavy (non-hydrogen) atoms. The van der Waals surface area contributed by atoms with E-state index in [4.69, 9.17) is 10.00 Å². The van der Waals surface area contributed by atoms with Crippen molar-refractivity contribution in [2.24, 2.45) is 0 Å². The van der Waals surface area contributed by atoms with Crippen molar-refractivity contribution in [2.75, 3.05) is 11.1 Å². The number of carbonyl (C=O) groups excluding carboxylic acids is 1. The Morgan fingerprint density at radius 1 is 1.03 bits per heavy atom. The van der Waals surface area contributed by atoms with Crippen LogP contribution in [0.3, 0.4) is 0 Å². The molecule has 0 fully saturated rings. The Morgan fingerprint density at radius 3 is 2.31 bits per heavy atom. The van der Waals surface area contributed by atoms with Gasteiger partial charge < -0.3 is 10.1 Å². The van der Waals surface area contributed by atoms with E-state index in [1.165, 1.54) is 11.8 Å². The summed E-state index contributed by atoms with van der Waals surface area (Å²) in [6.07, 6.45) is 0. The highest BCUT2D eigenvalue weighted by Gasteiger charge is 2.09. The molecular formula is C22H20N4O2S. The molecule has 2 aromatic carbocycles. The van der Waals surface area contributed by atoms with Gasteiger partial charge in [-0.2, -0.15) is 5.26 Å². The Kier molecular flexibility index (Phi) is 6.47. The smallest absolute Gasteiger partial charge is 0.234 e. The van der Waals surface area contributed by atoms with Gasteiger partial charge in [-0.15, -0.1) is 0 Å². The normalized spacial score (nSPS) is 10.3. The number of carbonyl (C=O) groups is 1. The molecule has 1 aromatic heterocycles. The minimum atomic E-state index is -0.124. The van der Waals surface area contributed by atoms with Crippen LogP contribution in [0.5, 0.6) is 11.5 Å². The highest BCUT2D eigenvalue weighted by Crippen LogP contribution is 2.26. The maximum atomic E-state index is 12.3. The maximum Gasteiger partial charge on any atom is 0.234 e. The lowest BCUT2D eigenvalue weighted by Gasteiger charge is -2.11. The number of ether oxygens (including phenoxy) is 1. The maximum absolute atomic E-state index is 12.3. The first-order valence-electron chi connectivity index (χ1n) is 8.96. The summed E-state index contributed by atoms with van der Waals surface area (Å²) in [4.78, 5) is 21.0. The molecule has 1 heterocycles. The van der Waals surface area contributed by atoms with E-state index in [0.29, 0.717) is 22.2 Å². The lowest BCUT2D eigenvalue weighted by atomic mass is 10.2. The van der Waals surface area contributed by atoms with Crippen molar-refractivity contribution < 1.29 is 9.53 Å². The van der Waals surface area contributed by atoms with Gasteiger partial charge >= 0.3 is 0 Å². The van der Waals surface area contributed by atoms with Gasteiger partial charge in [0.15, 0.2) is 5.16 Å². The van der Waals surface area contributed by atoms with Gasteiger partial charge in [0.1, 0.15) is 11.5 Å². The van der Waals surface area contributed by atoms with Crippen molar-refractivity contribution in [1.82, 2.24) is 9.97 Å². The lowest BCUT2D eigenvalue weighted by molar-refractivity contribution is -0.113. The molecule has 0 aliphatic carbocycles. The Balaban J connectivity index is 1.59. The minimum absolute atomic E-state index is 0.124. The molecule has 3 rings (SSSR count). The van der Waals surface area contributed by atoms with Crippen molar-refractivity contribution in [3.63, 3.8) is 0 Å². The molecule has 3 aromatic rings. The Bertz CT molecular complexity index is 1050. The summed E-state index contributed by atoms with van der Waals surface area (Å²) in [7, 11) is 0. The van der Waals surface area contributed by atoms with Crippen LogP contribution in [-0.4, -0.2) is 21.6 Å². The average molecular weight is 404 g/mol. The first-order valence-corrected chi connectivity index (χ1v) is 9.95. The minimum Gasteiger partial charge on any atom is -0.457 e. The first-order chi connectivity index (χ1) is 13.9. The molecule has 1 amide bonds. The molecule has 6 nitrogen and oxygen atoms in total. The van der Waals surface area contributed by atoms with Crippen LogP contribution >= 0.6 is 11.8 Å². The number of aryl methyl sites for hydroxylation is 3. The number of amides is 1. The predicted molar refractivity (Wildman–Crippen MR) is 113 cm³/mol. The van der Waals surface area contributed by atoms with Crippen molar-refractivity contribution >= 4 is 23.4 Å². The second kappa shape index (κ2) is 9.22. The van der Waals surface area contributed by atoms with Gasteiger partial charge in [0, 0.05) is 17.1 Å². The van der Waals surface area contributed by atoms with Crippen LogP contribution in [0.25, 0.3) is 0 Å². The molecule has 0 saturated carbocycles. The van der Waals surface area contributed by atoms with Gasteiger partial charge in [-0.25, -0.2) is 9.97 Å². The summed E-state index contributed by atoms with van der Waals surface area (Å²) < 4.78 is 5.80. The first kappa shape index (κ1) is 20.4. The predicted octanol–water partition coefficient (Wildman–Crippen LogP) is 4.80. The largest absolute Gasteiger partial charge is 0.457 e. The second-order valence-electron chi connectivity index (χ2n) is 6.49. The average Bonchev–Trinajstić information content (AvgIpc) is 2.68. The van der Waals surface area contributed by atoms with E-state index >= 15 is 0 Å². The van der Waals surface area contributed by atoms with Crippen LogP contribution in [0, 0.1) is 32.1 Å². The van der Waals surface area contributed by atoms with Gasteiger partial charge in [-0.3, -0.25) is 4.79 Å². The fourth-order valence-corrected chi connectivity index (χ4v) is 3.40. The fourth-order valence-electron chi connectivity index (χ4n) is 2.65. The molecule has 0 aliphatic rings. The van der Waals surface area contributed by atoms with E-state index in [2.05, 4.69) is 21.4 Å². The number of nitrogens with zero attached hydrogens (tertiary/aromatic N) is 3. The molecule has 146 valence electrons. The standard InChI is InChI=1S/C22H20N4O2S/c1-14-10-19(28-18-6-4-17(12-23)5-7-18)8-9-20(14)26-21(27)13-29-22-24-15(2)11-16(3)25-22/h4-11H,13H2,1-3H3,(H,26,27). The number of benzene rings is 2. The third-order valence-corrected chi connectivity index (χ3v) is 4.83. The zero-order chi connectivity index (χ0) is 20.8. The highest BCUT2D eigenvalue weighted by molar-refractivity contribution is 7.99. The Morgan fingerprint density at radius 2 is 1.69 bits per heavy atom. The van der Waals surface area contributed by atoms with E-state index in [9.17, 15) is 4.79 Å². The number of aromatic nitrogens is 2. The van der Waals surface area contributed by atoms with Crippen LogP contribution in [0.4, 0.5) is 5.69 Å². The molecule has 0 spiro atoms. The van der Waals surface area contributed by atoms with Crippen LogP contribution in [0.2, 0.25) is 0 Å². The molecule has 0 aliphatic heterocycles. The van der Waals surface area contributed by atoms with Crippen LogP contribution in [-0.2, 0) is 4.79 Å².